The molecule has 0 saturated heterocycles. The van der Waals surface area contributed by atoms with E-state index < -0.39 is 5.82 Å². The molecule has 2 N–H and O–H groups in total. The van der Waals surface area contributed by atoms with Crippen LogP contribution in [0.25, 0.3) is 24.3 Å². The molecule has 1 aliphatic rings. The van der Waals surface area contributed by atoms with Crippen molar-refractivity contribution in [3.8, 4) is 5.75 Å². The number of anilines is 2. The fourth-order valence-corrected chi connectivity index (χ4v) is 8.12. The van der Waals surface area contributed by atoms with Gasteiger partial charge >= 0.3 is 0 Å². The smallest absolute Gasteiger partial charge is 0.274 e. The third-order valence-electron chi connectivity index (χ3n) is 9.92. The van der Waals surface area contributed by atoms with Crippen LogP contribution in [0.5, 0.6) is 5.75 Å². The van der Waals surface area contributed by atoms with Crippen molar-refractivity contribution in [3.63, 3.8) is 0 Å². The monoisotopic (exact) mass is 875 g/mol. The number of halogens is 1. The number of carbonyl (C=O) groups is 2. The Hall–Kier alpha value is -7.36. The van der Waals surface area contributed by atoms with Gasteiger partial charge < -0.3 is 13.9 Å². The van der Waals surface area contributed by atoms with Crippen molar-refractivity contribution in [2.75, 3.05) is 10.6 Å². The summed E-state index contributed by atoms with van der Waals surface area (Å²) in [5.41, 5.74) is 5.98. The molecule has 2 amide bonds. The second-order valence-electron chi connectivity index (χ2n) is 14.5. The normalized spacial score (nSPS) is 12.7. The average molecular weight is 876 g/mol. The van der Waals surface area contributed by atoms with E-state index in [1.54, 1.807) is 60.6 Å². The molecule has 0 unspecified atom stereocenters. The second-order valence-corrected chi connectivity index (χ2v) is 16.2. The van der Waals surface area contributed by atoms with Crippen LogP contribution in [0, 0.1) is 5.82 Å². The number of nitrogens with one attached hydrogen (secondary N) is 2. The van der Waals surface area contributed by atoms with E-state index >= 15 is 0 Å². The molecule has 12 nitrogen and oxygen atoms in total. The van der Waals surface area contributed by atoms with Crippen LogP contribution < -0.4 is 15.4 Å². The number of nitrogens with zero attached hydrogens (tertiary/aromatic N) is 7. The first-order chi connectivity index (χ1) is 30.9. The maximum Gasteiger partial charge on any atom is 0.274 e. The Morgan fingerprint density at radius 2 is 1.24 bits per heavy atom. The number of ether oxygens (including phenoxy) is 1. The van der Waals surface area contributed by atoms with Crippen LogP contribution in [-0.2, 0) is 13.1 Å². The van der Waals surface area contributed by atoms with Crippen molar-refractivity contribution in [3.05, 3.63) is 190 Å². The van der Waals surface area contributed by atoms with Gasteiger partial charge in [-0.25, -0.2) is 19.3 Å². The number of thiazole rings is 2. The summed E-state index contributed by atoms with van der Waals surface area (Å²) in [4.78, 5) is 46.6. The number of rotatable bonds is 14. The van der Waals surface area contributed by atoms with E-state index in [0.29, 0.717) is 46.2 Å². The Morgan fingerprint density at radius 3 is 1.78 bits per heavy atom. The summed E-state index contributed by atoms with van der Waals surface area (Å²) in [6, 6.07) is 26.4. The van der Waals surface area contributed by atoms with Gasteiger partial charge in [0.05, 0.1) is 29.4 Å². The standard InChI is InChI=1S/C26H24FN5O2S.C22H18N4OS/c27-22-14-21(34-20-4-1-2-5-20)15-29-23(22)8-7-19-17-35-26(30-19)31-25(33)24-6-3-13-32(24)16-18-9-11-28-12-10-18;27-21(20-7-4-14-26(20)15-18-10-12-23-13-11-18)25-22-24-19(16-28-22)9-8-17-5-2-1-3-6-17/h3,6-15,17,20H,1-2,4-5,16H2,(H,30,31,33);1-14,16H,15H2,(H,24,25,27)/b8-7+;9-8+. The molecule has 1 fully saturated rings. The molecule has 7 heterocycles. The Labute approximate surface area is 371 Å². The Balaban J connectivity index is 0.000000177. The van der Waals surface area contributed by atoms with Gasteiger partial charge in [0.1, 0.15) is 17.1 Å². The fourth-order valence-electron chi connectivity index (χ4n) is 6.78. The van der Waals surface area contributed by atoms with Gasteiger partial charge in [-0.1, -0.05) is 36.4 Å². The minimum atomic E-state index is -0.449. The highest BCUT2D eigenvalue weighted by molar-refractivity contribution is 7.14. The molecule has 0 spiro atoms. The van der Waals surface area contributed by atoms with E-state index in [1.807, 2.05) is 106 Å². The average Bonchev–Trinajstić information content (AvgIpc) is 4.17. The SMILES string of the molecule is O=C(Nc1nc(/C=C/c2ccccc2)cs1)c1cccn1Cc1ccncc1.O=C(Nc1nc(/C=C/c2ncc(OC3CCCC3)cc2F)cs1)c1cccn1Cc1ccncc1. The number of pyridine rings is 3. The van der Waals surface area contributed by atoms with Crippen molar-refractivity contribution in [1.29, 1.82) is 0 Å². The molecule has 0 atom stereocenters. The lowest BCUT2D eigenvalue weighted by Gasteiger charge is -2.12. The number of aromatic nitrogens is 7. The van der Waals surface area contributed by atoms with Gasteiger partial charge in [0.25, 0.3) is 11.8 Å². The topological polar surface area (TPSA) is 142 Å². The first-order valence-corrected chi connectivity index (χ1v) is 22.0. The molecule has 316 valence electrons. The molecular formula is C48H42FN9O3S2. The summed E-state index contributed by atoms with van der Waals surface area (Å²) < 4.78 is 24.1. The van der Waals surface area contributed by atoms with Crippen LogP contribution in [0.2, 0.25) is 0 Å². The van der Waals surface area contributed by atoms with Crippen LogP contribution in [-0.4, -0.2) is 52.0 Å². The molecule has 8 aromatic rings. The van der Waals surface area contributed by atoms with Crippen molar-refractivity contribution in [2.24, 2.45) is 0 Å². The van der Waals surface area contributed by atoms with Crippen LogP contribution >= 0.6 is 22.7 Å². The first-order valence-electron chi connectivity index (χ1n) is 20.3. The molecule has 0 bridgehead atoms. The maximum absolute atomic E-state index is 14.5. The number of amides is 2. The molecule has 9 rings (SSSR count). The van der Waals surface area contributed by atoms with Gasteiger partial charge in [-0.3, -0.25) is 30.2 Å². The van der Waals surface area contributed by atoms with Gasteiger partial charge in [-0.2, -0.15) is 0 Å². The molecule has 1 aromatic carbocycles. The summed E-state index contributed by atoms with van der Waals surface area (Å²) >= 11 is 2.71. The lowest BCUT2D eigenvalue weighted by atomic mass is 10.2. The molecular weight excluding hydrogens is 834 g/mol. The largest absolute Gasteiger partial charge is 0.489 e. The van der Waals surface area contributed by atoms with Crippen molar-refractivity contribution < 1.29 is 18.7 Å². The van der Waals surface area contributed by atoms with Crippen LogP contribution in [0.4, 0.5) is 14.7 Å². The second kappa shape index (κ2) is 20.9. The minimum absolute atomic E-state index is 0.153. The zero-order valence-electron chi connectivity index (χ0n) is 34.0. The lowest BCUT2D eigenvalue weighted by molar-refractivity contribution is 0.101. The highest BCUT2D eigenvalue weighted by Gasteiger charge is 2.18. The first kappa shape index (κ1) is 42.3. The van der Waals surface area contributed by atoms with Crippen molar-refractivity contribution >= 4 is 69.1 Å². The maximum atomic E-state index is 14.5. The van der Waals surface area contributed by atoms with E-state index in [2.05, 4.69) is 35.6 Å². The molecule has 0 radical (unpaired) electrons. The number of carbonyl (C=O) groups excluding carboxylic acids is 2. The van der Waals surface area contributed by atoms with E-state index in [0.717, 1.165) is 48.1 Å². The van der Waals surface area contributed by atoms with Crippen molar-refractivity contribution in [2.45, 2.75) is 44.9 Å². The predicted molar refractivity (Wildman–Crippen MR) is 247 cm³/mol. The van der Waals surface area contributed by atoms with Crippen LogP contribution in [0.15, 0.2) is 139 Å². The fraction of sp³-hybridized carbons (Fsp3) is 0.146. The summed E-state index contributed by atoms with van der Waals surface area (Å²) in [5, 5.41) is 10.5. The zero-order valence-corrected chi connectivity index (χ0v) is 35.6. The number of benzene rings is 1. The Morgan fingerprint density at radius 1 is 0.698 bits per heavy atom. The molecule has 63 heavy (non-hydrogen) atoms. The Kier molecular flexibility index (Phi) is 14.1. The summed E-state index contributed by atoms with van der Waals surface area (Å²) in [6.45, 7) is 1.17. The third-order valence-corrected chi connectivity index (χ3v) is 11.5. The number of hydrogen-bond donors (Lipinski definition) is 2. The summed E-state index contributed by atoms with van der Waals surface area (Å²) in [6.07, 6.45) is 23.9. The molecule has 15 heteroatoms. The molecule has 7 aromatic heterocycles. The molecule has 1 saturated carbocycles. The van der Waals surface area contributed by atoms with E-state index in [-0.39, 0.29) is 23.6 Å². The minimum Gasteiger partial charge on any atom is -0.489 e. The Bertz CT molecular complexity index is 2800. The highest BCUT2D eigenvalue weighted by atomic mass is 32.1. The van der Waals surface area contributed by atoms with Crippen molar-refractivity contribution in [1.82, 2.24) is 34.1 Å². The van der Waals surface area contributed by atoms with E-state index in [4.69, 9.17) is 4.74 Å². The summed E-state index contributed by atoms with van der Waals surface area (Å²) in [7, 11) is 0. The zero-order chi connectivity index (χ0) is 43.2. The van der Waals surface area contributed by atoms with Gasteiger partial charge in [0.15, 0.2) is 16.1 Å². The van der Waals surface area contributed by atoms with Gasteiger partial charge in [-0.05, 0) is 109 Å². The van der Waals surface area contributed by atoms with E-state index in [1.165, 1.54) is 28.7 Å². The molecule has 1 aliphatic carbocycles. The summed E-state index contributed by atoms with van der Waals surface area (Å²) in [5.74, 6) is -0.416. The van der Waals surface area contributed by atoms with E-state index in [9.17, 15) is 14.0 Å². The van der Waals surface area contributed by atoms with Gasteiger partial charge in [-0.15, -0.1) is 22.7 Å². The molecule has 0 aliphatic heterocycles. The quantitative estimate of drug-likeness (QED) is 0.110. The predicted octanol–water partition coefficient (Wildman–Crippen LogP) is 10.5. The van der Waals surface area contributed by atoms with Crippen LogP contribution in [0.1, 0.15) is 80.4 Å². The van der Waals surface area contributed by atoms with Crippen LogP contribution in [0.3, 0.4) is 0 Å². The number of hydrogen-bond acceptors (Lipinski definition) is 10. The third kappa shape index (κ3) is 11.9. The van der Waals surface area contributed by atoms with Gasteiger partial charge in [0.2, 0.25) is 0 Å². The highest BCUT2D eigenvalue weighted by Crippen LogP contribution is 2.26. The van der Waals surface area contributed by atoms with Gasteiger partial charge in [0, 0.05) is 67.1 Å². The lowest BCUT2D eigenvalue weighted by Crippen LogP contribution is -2.17.